The molecule has 3 aromatic carbocycles. The van der Waals surface area contributed by atoms with Crippen LogP contribution in [-0.2, 0) is 38.8 Å². The van der Waals surface area contributed by atoms with Gasteiger partial charge in [-0.05, 0) is 67.5 Å². The second-order valence-electron chi connectivity index (χ2n) is 15.7. The lowest BCUT2D eigenvalue weighted by Crippen LogP contribution is -2.50. The van der Waals surface area contributed by atoms with Crippen molar-refractivity contribution in [1.82, 2.24) is 36.8 Å². The van der Waals surface area contributed by atoms with E-state index in [-0.39, 0.29) is 82.8 Å². The number of nitrogens with two attached hydrogens (primary N) is 2. The highest BCUT2D eigenvalue weighted by atomic mass is 19.1. The number of hydrogen-bond acceptors (Lipinski definition) is 11. The normalized spacial score (nSPS) is 14.2. The zero-order valence-electron chi connectivity index (χ0n) is 37.0. The molecular weight excluding hydrogens is 863 g/mol. The first-order valence-electron chi connectivity index (χ1n) is 21.9. The number of rotatable bonds is 26. The number of ether oxygens (including phenoxy) is 1. The Morgan fingerprint density at radius 2 is 1.44 bits per heavy atom. The third-order valence-corrected chi connectivity index (χ3v) is 10.5. The Balaban J connectivity index is 1.42. The molecule has 4 atom stereocenters. The maximum atomic E-state index is 14.6. The topological polar surface area (TPSA) is 295 Å². The lowest BCUT2D eigenvalue weighted by Gasteiger charge is -2.29. The van der Waals surface area contributed by atoms with Crippen LogP contribution in [0.3, 0.4) is 0 Å². The number of halogens is 2. The molecule has 6 amide bonds. The first-order chi connectivity index (χ1) is 31.7. The number of phenols is 1. The number of carbonyl (C=O) groups excluding carboxylic acids is 5. The van der Waals surface area contributed by atoms with Crippen molar-refractivity contribution in [3.8, 4) is 11.5 Å². The van der Waals surface area contributed by atoms with Gasteiger partial charge >= 0.3 is 6.03 Å². The Bertz CT molecular complexity index is 2070. The van der Waals surface area contributed by atoms with Gasteiger partial charge in [0.2, 0.25) is 23.6 Å². The molecule has 0 saturated heterocycles. The summed E-state index contributed by atoms with van der Waals surface area (Å²) >= 11 is 0. The molecule has 3 aromatic rings. The number of aromatic hydroxyl groups is 1. The van der Waals surface area contributed by atoms with Gasteiger partial charge in [0.25, 0.3) is 0 Å². The summed E-state index contributed by atoms with van der Waals surface area (Å²) in [7, 11) is 0. The molecule has 1 aliphatic heterocycles. The quantitative estimate of drug-likeness (QED) is 0.0307. The van der Waals surface area contributed by atoms with Crippen LogP contribution in [0.15, 0.2) is 65.7 Å². The maximum absolute atomic E-state index is 14.6. The van der Waals surface area contributed by atoms with Crippen molar-refractivity contribution in [3.63, 3.8) is 0 Å². The molecule has 13 N–H and O–H groups in total. The van der Waals surface area contributed by atoms with Gasteiger partial charge in [-0.2, -0.15) is 4.99 Å². The Morgan fingerprint density at radius 3 is 2.09 bits per heavy atom. The molecule has 0 saturated carbocycles. The molecule has 19 nitrogen and oxygen atoms in total. The molecule has 1 heterocycles. The van der Waals surface area contributed by atoms with Crippen molar-refractivity contribution in [3.05, 3.63) is 94.6 Å². The van der Waals surface area contributed by atoms with E-state index in [4.69, 9.17) is 16.2 Å². The van der Waals surface area contributed by atoms with Crippen molar-refractivity contribution in [1.29, 1.82) is 0 Å². The van der Waals surface area contributed by atoms with Gasteiger partial charge in [-0.25, -0.2) is 13.6 Å². The average molecular weight is 925 g/mol. The fourth-order valence-corrected chi connectivity index (χ4v) is 7.08. The first-order valence-corrected chi connectivity index (χ1v) is 21.9. The van der Waals surface area contributed by atoms with E-state index in [9.17, 15) is 48.1 Å². The van der Waals surface area contributed by atoms with Gasteiger partial charge < -0.3 is 63.4 Å². The highest BCUT2D eigenvalue weighted by Gasteiger charge is 2.34. The standard InChI is InChI=1S/C45H62F2N10O9/c1-2-39(61)51-18-19-53-45(65)56-44(49)52-16-5-9-38(42(63)54-25-35-36(46)22-33(60)23-37(35)47)55-43(64)41(57-26-29-7-3-4-8-30(29)27-57)28-10-12-34(13-11-28)66-20-6-17-50-40(62)24-32(59)21-31(58)14-15-48/h3-4,7-8,10-13,22-23,31-32,38,41,58-60H,2,5-6,9,14-21,24-27,48H2,1H3,(H,50,62)(H,51,61)(H,54,63)(H,55,64)(H4,49,52,53,56,65)/t31-,32-,38-,41+/m1/s1. The van der Waals surface area contributed by atoms with Crippen molar-refractivity contribution in [2.24, 2.45) is 16.5 Å². The zero-order chi connectivity index (χ0) is 48.0. The molecule has 360 valence electrons. The molecule has 66 heavy (non-hydrogen) atoms. The van der Waals surface area contributed by atoms with Crippen LogP contribution in [0.25, 0.3) is 0 Å². The summed E-state index contributed by atoms with van der Waals surface area (Å²) in [4.78, 5) is 69.7. The van der Waals surface area contributed by atoms with Crippen molar-refractivity contribution in [2.75, 3.05) is 39.3 Å². The van der Waals surface area contributed by atoms with Crippen LogP contribution in [0.5, 0.6) is 11.5 Å². The van der Waals surface area contributed by atoms with E-state index < -0.39 is 71.6 Å². The predicted octanol–water partition coefficient (Wildman–Crippen LogP) is 1.18. The minimum atomic E-state index is -1.22. The number of phenolic OH excluding ortho intramolecular Hbond substituents is 1. The number of guanidine groups is 1. The molecule has 0 bridgehead atoms. The van der Waals surface area contributed by atoms with Crippen LogP contribution < -0.4 is 48.1 Å². The second-order valence-corrected chi connectivity index (χ2v) is 15.7. The number of hydrogen-bond donors (Lipinski definition) is 11. The molecule has 0 aliphatic carbocycles. The summed E-state index contributed by atoms with van der Waals surface area (Å²) in [6.45, 7) is 3.21. The van der Waals surface area contributed by atoms with Gasteiger partial charge in [-0.1, -0.05) is 43.3 Å². The molecule has 0 unspecified atom stereocenters. The van der Waals surface area contributed by atoms with Gasteiger partial charge in [0.15, 0.2) is 5.96 Å². The monoisotopic (exact) mass is 924 g/mol. The largest absolute Gasteiger partial charge is 0.508 e. The summed E-state index contributed by atoms with van der Waals surface area (Å²) in [5.41, 5.74) is 13.4. The zero-order valence-corrected chi connectivity index (χ0v) is 37.0. The second kappa shape index (κ2) is 27.1. The van der Waals surface area contributed by atoms with Crippen molar-refractivity contribution in [2.45, 2.75) is 95.8 Å². The Hall–Kier alpha value is -6.42. The minimum absolute atomic E-state index is 0.0143. The third kappa shape index (κ3) is 17.5. The first kappa shape index (κ1) is 52.2. The average Bonchev–Trinajstić information content (AvgIpc) is 3.69. The molecule has 21 heteroatoms. The maximum Gasteiger partial charge on any atom is 0.344 e. The van der Waals surface area contributed by atoms with E-state index >= 15 is 0 Å². The molecule has 1 aliphatic rings. The Morgan fingerprint density at radius 1 is 0.803 bits per heavy atom. The summed E-state index contributed by atoms with van der Waals surface area (Å²) in [5, 5.41) is 45.4. The van der Waals surface area contributed by atoms with Crippen LogP contribution >= 0.6 is 0 Å². The highest BCUT2D eigenvalue weighted by molar-refractivity contribution is 5.92. The van der Waals surface area contributed by atoms with E-state index in [2.05, 4.69) is 36.9 Å². The van der Waals surface area contributed by atoms with Crippen LogP contribution in [0.1, 0.15) is 80.2 Å². The lowest BCUT2D eigenvalue weighted by molar-refractivity contribution is -0.132. The Kier molecular flexibility index (Phi) is 21.5. The minimum Gasteiger partial charge on any atom is -0.508 e. The van der Waals surface area contributed by atoms with E-state index in [0.29, 0.717) is 43.7 Å². The number of fused-ring (bicyclic) bond motifs is 1. The SMILES string of the molecule is CCC(=O)NCCNC(=O)/N=C(/N)NCCC[C@@H](NC(=O)[C@H](c1ccc(OCCCNC(=O)C[C@H](O)C[C@H](O)CCN)cc1)N1Cc2ccccc2C1)C(=O)NCc1c(F)cc(O)cc1F. The molecule has 0 radical (unpaired) electrons. The van der Waals surface area contributed by atoms with Crippen LogP contribution in [-0.4, -0.2) is 113 Å². The fraction of sp³-hybridized carbons (Fsp3) is 0.467. The number of urea groups is 1. The number of aliphatic imine (C=N–C) groups is 1. The van der Waals surface area contributed by atoms with Crippen LogP contribution in [0, 0.1) is 11.6 Å². The highest BCUT2D eigenvalue weighted by Crippen LogP contribution is 2.33. The van der Waals surface area contributed by atoms with Crippen LogP contribution in [0.2, 0.25) is 0 Å². The van der Waals surface area contributed by atoms with E-state index in [1.165, 1.54) is 0 Å². The van der Waals surface area contributed by atoms with Gasteiger partial charge in [0, 0.05) is 69.9 Å². The van der Waals surface area contributed by atoms with Crippen molar-refractivity contribution < 1.29 is 52.8 Å². The predicted molar refractivity (Wildman–Crippen MR) is 240 cm³/mol. The summed E-state index contributed by atoms with van der Waals surface area (Å²) in [5.74, 6) is -4.29. The number of aliphatic hydroxyl groups is 2. The van der Waals surface area contributed by atoms with Gasteiger partial charge in [-0.3, -0.25) is 24.1 Å². The number of amides is 6. The molecule has 0 fully saturated rings. The van der Waals surface area contributed by atoms with Gasteiger partial charge in [0.1, 0.15) is 35.2 Å². The Labute approximate surface area is 382 Å². The van der Waals surface area contributed by atoms with E-state index in [1.54, 1.807) is 31.2 Å². The van der Waals surface area contributed by atoms with Crippen molar-refractivity contribution >= 4 is 35.6 Å². The summed E-state index contributed by atoms with van der Waals surface area (Å²) in [6, 6.07) is 13.2. The number of aliphatic hydroxyl groups excluding tert-OH is 2. The fourth-order valence-electron chi connectivity index (χ4n) is 7.08. The van der Waals surface area contributed by atoms with Crippen LogP contribution in [0.4, 0.5) is 13.6 Å². The molecule has 0 spiro atoms. The third-order valence-electron chi connectivity index (χ3n) is 10.5. The van der Waals surface area contributed by atoms with Gasteiger partial charge in [0.05, 0.1) is 25.2 Å². The van der Waals surface area contributed by atoms with E-state index in [0.717, 1.165) is 23.3 Å². The molecule has 4 rings (SSSR count). The number of nitrogens with one attached hydrogen (secondary N) is 6. The smallest absolute Gasteiger partial charge is 0.344 e. The number of benzene rings is 3. The van der Waals surface area contributed by atoms with E-state index in [1.807, 2.05) is 29.2 Å². The molecule has 0 aromatic heterocycles. The molecular formula is C45H62F2N10O9. The lowest BCUT2D eigenvalue weighted by atomic mass is 10.0. The summed E-state index contributed by atoms with van der Waals surface area (Å²) < 4.78 is 35.1. The number of nitrogens with zero attached hydrogens (tertiary/aromatic N) is 2. The van der Waals surface area contributed by atoms with Gasteiger partial charge in [-0.15, -0.1) is 0 Å². The summed E-state index contributed by atoms with van der Waals surface area (Å²) in [6.07, 6.45) is -0.563. The number of carbonyl (C=O) groups is 5.